The van der Waals surface area contributed by atoms with Gasteiger partial charge in [-0.3, -0.25) is 9.59 Å². The van der Waals surface area contributed by atoms with E-state index in [4.69, 9.17) is 11.6 Å². The number of benzene rings is 2. The molecule has 3 N–H and O–H groups in total. The van der Waals surface area contributed by atoms with Crippen LogP contribution in [0.5, 0.6) is 0 Å². The lowest BCUT2D eigenvalue weighted by atomic mass is 10.1. The molecule has 0 bridgehead atoms. The molecular formula is C24H21ClF4N6O2. The number of hydrogen-bond donors (Lipinski definition) is 3. The van der Waals surface area contributed by atoms with Gasteiger partial charge in [-0.25, -0.2) is 22.5 Å². The van der Waals surface area contributed by atoms with E-state index in [2.05, 4.69) is 32.5 Å². The van der Waals surface area contributed by atoms with Crippen LogP contribution in [0.1, 0.15) is 16.8 Å². The highest BCUT2D eigenvalue weighted by Gasteiger charge is 2.18. The molecule has 8 nitrogen and oxygen atoms in total. The van der Waals surface area contributed by atoms with E-state index in [-0.39, 0.29) is 35.6 Å². The molecule has 0 aliphatic heterocycles. The zero-order valence-electron chi connectivity index (χ0n) is 19.4. The van der Waals surface area contributed by atoms with Crippen LogP contribution < -0.4 is 20.9 Å². The lowest BCUT2D eigenvalue weighted by molar-refractivity contribution is -0.113. The molecule has 3 rings (SSSR count). The van der Waals surface area contributed by atoms with Gasteiger partial charge in [0.15, 0.2) is 0 Å². The molecule has 0 saturated heterocycles. The molecule has 37 heavy (non-hydrogen) atoms. The van der Waals surface area contributed by atoms with Gasteiger partial charge >= 0.3 is 0 Å². The second kappa shape index (κ2) is 12.2. The van der Waals surface area contributed by atoms with Crippen LogP contribution in [0.2, 0.25) is 5.02 Å². The Morgan fingerprint density at radius 1 is 1.08 bits per heavy atom. The van der Waals surface area contributed by atoms with E-state index >= 15 is 0 Å². The molecule has 0 fully saturated rings. The molecule has 194 valence electrons. The first kappa shape index (κ1) is 27.4. The molecule has 2 amide bonds. The fraction of sp³-hybridized carbons (Fsp3) is 0.167. The van der Waals surface area contributed by atoms with E-state index in [0.29, 0.717) is 24.2 Å². The normalized spacial score (nSPS) is 10.5. The summed E-state index contributed by atoms with van der Waals surface area (Å²) in [6.07, 6.45) is 2.72. The molecule has 0 atom stereocenters. The van der Waals surface area contributed by atoms with Gasteiger partial charge in [0.05, 0.1) is 11.9 Å². The summed E-state index contributed by atoms with van der Waals surface area (Å²) < 4.78 is 54.6. The molecule has 2 aromatic carbocycles. The highest BCUT2D eigenvalue weighted by molar-refractivity contribution is 6.32. The van der Waals surface area contributed by atoms with Crippen molar-refractivity contribution in [3.8, 4) is 0 Å². The van der Waals surface area contributed by atoms with E-state index < -0.39 is 40.6 Å². The second-order valence-electron chi connectivity index (χ2n) is 7.56. The summed E-state index contributed by atoms with van der Waals surface area (Å²) in [6.45, 7) is 3.69. The average Bonchev–Trinajstić information content (AvgIpc) is 2.85. The molecular weight excluding hydrogens is 516 g/mol. The molecule has 0 aliphatic rings. The molecule has 0 saturated carbocycles. The first-order valence-electron chi connectivity index (χ1n) is 10.8. The Morgan fingerprint density at radius 3 is 2.46 bits per heavy atom. The van der Waals surface area contributed by atoms with Crippen molar-refractivity contribution in [2.75, 3.05) is 35.7 Å². The van der Waals surface area contributed by atoms with Crippen LogP contribution in [0.25, 0.3) is 0 Å². The molecule has 3 aromatic rings. The van der Waals surface area contributed by atoms with Crippen molar-refractivity contribution < 1.29 is 27.2 Å². The predicted molar refractivity (Wildman–Crippen MR) is 132 cm³/mol. The van der Waals surface area contributed by atoms with Gasteiger partial charge in [0.25, 0.3) is 5.91 Å². The number of carbonyl (C=O) groups is 2. The van der Waals surface area contributed by atoms with Crippen molar-refractivity contribution in [2.45, 2.75) is 6.42 Å². The summed E-state index contributed by atoms with van der Waals surface area (Å²) >= 11 is 6.13. The minimum Gasteiger partial charge on any atom is -0.369 e. The molecule has 1 heterocycles. The first-order chi connectivity index (χ1) is 17.6. The van der Waals surface area contributed by atoms with Crippen LogP contribution in [-0.2, 0) is 4.79 Å². The van der Waals surface area contributed by atoms with Crippen molar-refractivity contribution >= 4 is 46.6 Å². The zero-order chi connectivity index (χ0) is 27.1. The maximum Gasteiger partial charge on any atom is 0.257 e. The highest BCUT2D eigenvalue weighted by Crippen LogP contribution is 2.26. The Balaban J connectivity index is 1.58. The van der Waals surface area contributed by atoms with E-state index in [0.717, 1.165) is 11.0 Å². The Labute approximate surface area is 214 Å². The summed E-state index contributed by atoms with van der Waals surface area (Å²) in [5.41, 5.74) is -0.450. The fourth-order valence-electron chi connectivity index (χ4n) is 3.13. The SMILES string of the molecule is C=CC(=O)N(C)c1cc(Nc2ncc(Cl)c(NCCCNC(=O)c3c(F)cc(F)cc3F)n2)ccc1F. The lowest BCUT2D eigenvalue weighted by Crippen LogP contribution is -2.27. The van der Waals surface area contributed by atoms with Crippen LogP contribution >= 0.6 is 11.6 Å². The second-order valence-corrected chi connectivity index (χ2v) is 7.97. The van der Waals surface area contributed by atoms with Gasteiger partial charge in [-0.05, 0) is 30.7 Å². The number of nitrogens with one attached hydrogen (secondary N) is 3. The molecule has 0 aliphatic carbocycles. The third kappa shape index (κ3) is 6.94. The van der Waals surface area contributed by atoms with Crippen LogP contribution in [0, 0.1) is 23.3 Å². The number of hydrogen-bond acceptors (Lipinski definition) is 6. The Morgan fingerprint density at radius 2 is 1.78 bits per heavy atom. The first-order valence-corrected chi connectivity index (χ1v) is 11.1. The van der Waals surface area contributed by atoms with Gasteiger partial charge in [0.2, 0.25) is 11.9 Å². The number of rotatable bonds is 10. The molecule has 1 aromatic heterocycles. The largest absolute Gasteiger partial charge is 0.369 e. The number of likely N-dealkylation sites (N-methyl/N-ethyl adjacent to an activating group) is 1. The third-order valence-electron chi connectivity index (χ3n) is 4.98. The Kier molecular flexibility index (Phi) is 9.01. The van der Waals surface area contributed by atoms with Gasteiger partial charge < -0.3 is 20.9 Å². The Hall–Kier alpha value is -4.19. The van der Waals surface area contributed by atoms with Gasteiger partial charge in [-0.2, -0.15) is 4.98 Å². The van der Waals surface area contributed by atoms with Gasteiger partial charge in [-0.1, -0.05) is 18.2 Å². The quantitative estimate of drug-likeness (QED) is 0.195. The number of amides is 2. The van der Waals surface area contributed by atoms with Crippen LogP contribution in [0.4, 0.5) is 40.7 Å². The maximum absolute atomic E-state index is 14.2. The number of aromatic nitrogens is 2. The van der Waals surface area contributed by atoms with Crippen LogP contribution in [0.3, 0.4) is 0 Å². The predicted octanol–water partition coefficient (Wildman–Crippen LogP) is 4.81. The summed E-state index contributed by atoms with van der Waals surface area (Å²) in [4.78, 5) is 33.2. The minimum absolute atomic E-state index is 0.0182. The minimum atomic E-state index is -1.30. The zero-order valence-corrected chi connectivity index (χ0v) is 20.2. The fourth-order valence-corrected chi connectivity index (χ4v) is 3.29. The van der Waals surface area contributed by atoms with E-state index in [9.17, 15) is 27.2 Å². The van der Waals surface area contributed by atoms with Crippen LogP contribution in [-0.4, -0.2) is 41.9 Å². The number of carbonyl (C=O) groups excluding carboxylic acids is 2. The van der Waals surface area contributed by atoms with E-state index in [1.54, 1.807) is 0 Å². The monoisotopic (exact) mass is 536 g/mol. The summed E-state index contributed by atoms with van der Waals surface area (Å²) in [5, 5.41) is 8.39. The van der Waals surface area contributed by atoms with E-state index in [1.807, 2.05) is 0 Å². The topological polar surface area (TPSA) is 99.3 Å². The smallest absolute Gasteiger partial charge is 0.257 e. The van der Waals surface area contributed by atoms with Gasteiger partial charge in [-0.15, -0.1) is 0 Å². The molecule has 0 spiro atoms. The third-order valence-corrected chi connectivity index (χ3v) is 5.26. The van der Waals surface area contributed by atoms with Crippen molar-refractivity contribution in [2.24, 2.45) is 0 Å². The van der Waals surface area contributed by atoms with Gasteiger partial charge in [0, 0.05) is 38.0 Å². The maximum atomic E-state index is 14.2. The lowest BCUT2D eigenvalue weighted by Gasteiger charge is -2.17. The molecule has 0 radical (unpaired) electrons. The standard InChI is InChI=1S/C24H21ClF4N6O2/c1-3-20(36)35(2)19-11-14(5-6-16(19)27)33-24-32-12-15(25)22(34-24)30-7-4-8-31-23(37)21-17(28)9-13(26)10-18(21)29/h3,5-6,9-12H,1,4,7-8H2,2H3,(H,31,37)(H2,30,32,33,34). The van der Waals surface area contributed by atoms with Crippen molar-refractivity contribution in [3.63, 3.8) is 0 Å². The average molecular weight is 537 g/mol. The van der Waals surface area contributed by atoms with Crippen molar-refractivity contribution in [3.05, 3.63) is 83.0 Å². The van der Waals surface area contributed by atoms with Gasteiger partial charge in [0.1, 0.15) is 39.7 Å². The Bertz CT molecular complexity index is 1320. The molecule has 13 heteroatoms. The number of anilines is 4. The highest BCUT2D eigenvalue weighted by atomic mass is 35.5. The number of halogens is 5. The van der Waals surface area contributed by atoms with Crippen molar-refractivity contribution in [1.82, 2.24) is 15.3 Å². The van der Waals surface area contributed by atoms with Crippen LogP contribution in [0.15, 0.2) is 49.2 Å². The van der Waals surface area contributed by atoms with E-state index in [1.165, 1.54) is 31.4 Å². The number of nitrogens with zero attached hydrogens (tertiary/aromatic N) is 3. The summed E-state index contributed by atoms with van der Waals surface area (Å²) in [5.74, 6) is -5.46. The summed E-state index contributed by atoms with van der Waals surface area (Å²) in [7, 11) is 1.40. The molecule has 0 unspecified atom stereocenters. The van der Waals surface area contributed by atoms with Crippen molar-refractivity contribution in [1.29, 1.82) is 0 Å². The summed E-state index contributed by atoms with van der Waals surface area (Å²) in [6, 6.07) is 4.86.